The van der Waals surface area contributed by atoms with Crippen LogP contribution in [0.15, 0.2) is 24.3 Å². The fourth-order valence-corrected chi connectivity index (χ4v) is 3.65. The Balaban J connectivity index is 1.31. The third-order valence-corrected chi connectivity index (χ3v) is 5.69. The molecule has 13 heteroatoms. The lowest BCUT2D eigenvalue weighted by Crippen LogP contribution is -2.47. The third kappa shape index (κ3) is 7.60. The first-order valence-electron chi connectivity index (χ1n) is 12.0. The van der Waals surface area contributed by atoms with Crippen LogP contribution in [-0.2, 0) is 9.47 Å². The summed E-state index contributed by atoms with van der Waals surface area (Å²) in [6, 6.07) is 7.09. The topological polar surface area (TPSA) is 157 Å². The van der Waals surface area contributed by atoms with Crippen LogP contribution in [0.5, 0.6) is 0 Å². The van der Waals surface area contributed by atoms with Gasteiger partial charge in [0.1, 0.15) is 0 Å². The fourth-order valence-electron chi connectivity index (χ4n) is 3.65. The van der Waals surface area contributed by atoms with Crippen molar-refractivity contribution in [1.82, 2.24) is 15.0 Å². The van der Waals surface area contributed by atoms with Gasteiger partial charge in [-0.25, -0.2) is 0 Å². The Hall–Kier alpha value is -3.29. The predicted octanol–water partition coefficient (Wildman–Crippen LogP) is 1.08. The smallest absolute Gasteiger partial charge is 0.269 e. The van der Waals surface area contributed by atoms with Crippen LogP contribution in [0, 0.1) is 10.1 Å². The minimum atomic E-state index is -0.384. The Morgan fingerprint density at radius 1 is 0.943 bits per heavy atom. The number of hydrogen-bond donors (Lipinski definition) is 3. The molecule has 190 valence electrons. The maximum atomic E-state index is 10.9. The molecule has 1 saturated heterocycles. The maximum Gasteiger partial charge on any atom is 0.269 e. The number of piperazine rings is 1. The molecule has 1 aliphatic carbocycles. The zero-order valence-corrected chi connectivity index (χ0v) is 19.8. The van der Waals surface area contributed by atoms with Crippen molar-refractivity contribution in [2.24, 2.45) is 5.73 Å². The summed E-state index contributed by atoms with van der Waals surface area (Å²) in [5.41, 5.74) is 6.45. The van der Waals surface area contributed by atoms with Crippen molar-refractivity contribution in [3.05, 3.63) is 34.4 Å². The van der Waals surface area contributed by atoms with Crippen LogP contribution in [0.2, 0.25) is 0 Å². The first-order valence-corrected chi connectivity index (χ1v) is 12.0. The van der Waals surface area contributed by atoms with Crippen LogP contribution < -0.4 is 26.2 Å². The molecule has 4 N–H and O–H groups in total. The zero-order valence-electron chi connectivity index (χ0n) is 19.8. The number of nitrogens with two attached hydrogens (primary N) is 1. The quantitative estimate of drug-likeness (QED) is 0.198. The number of nitrogens with one attached hydrogen (secondary N) is 2. The zero-order chi connectivity index (χ0) is 24.5. The first-order chi connectivity index (χ1) is 17.1. The van der Waals surface area contributed by atoms with Crippen molar-refractivity contribution in [1.29, 1.82) is 0 Å². The van der Waals surface area contributed by atoms with Gasteiger partial charge < -0.3 is 35.6 Å². The van der Waals surface area contributed by atoms with Gasteiger partial charge in [0, 0.05) is 63.1 Å². The third-order valence-electron chi connectivity index (χ3n) is 5.69. The molecule has 0 radical (unpaired) electrons. The van der Waals surface area contributed by atoms with Crippen molar-refractivity contribution >= 4 is 29.2 Å². The minimum Gasteiger partial charge on any atom is -0.378 e. The second-order valence-electron chi connectivity index (χ2n) is 8.39. The molecule has 2 aromatic rings. The number of ether oxygens (including phenoxy) is 2. The largest absolute Gasteiger partial charge is 0.378 e. The van der Waals surface area contributed by atoms with Crippen LogP contribution >= 0.6 is 0 Å². The fraction of sp³-hybridized carbons (Fsp3) is 0.591. The highest BCUT2D eigenvalue weighted by Crippen LogP contribution is 2.25. The van der Waals surface area contributed by atoms with Gasteiger partial charge in [-0.15, -0.1) is 0 Å². The van der Waals surface area contributed by atoms with Crippen molar-refractivity contribution in [3.63, 3.8) is 0 Å². The van der Waals surface area contributed by atoms with E-state index >= 15 is 0 Å². The van der Waals surface area contributed by atoms with Gasteiger partial charge in [0.15, 0.2) is 0 Å². The van der Waals surface area contributed by atoms with Crippen LogP contribution in [0.25, 0.3) is 0 Å². The highest BCUT2D eigenvalue weighted by molar-refractivity contribution is 5.53. The molecule has 1 saturated carbocycles. The van der Waals surface area contributed by atoms with Crippen LogP contribution in [0.4, 0.5) is 29.2 Å². The molecule has 0 spiro atoms. The van der Waals surface area contributed by atoms with Gasteiger partial charge in [0.05, 0.1) is 31.4 Å². The Kier molecular flexibility index (Phi) is 8.81. The lowest BCUT2D eigenvalue weighted by Gasteiger charge is -2.36. The monoisotopic (exact) mass is 487 g/mol. The second kappa shape index (κ2) is 12.4. The SMILES string of the molecule is NCCOCCOCCNc1nc(NC2CC2)nc(N2CCN(c3ccc([N+](=O)[O-])cc3)CC2)n1. The summed E-state index contributed by atoms with van der Waals surface area (Å²) >= 11 is 0. The number of non-ortho nitro benzene ring substituents is 1. The molecule has 1 aromatic carbocycles. The number of nitro benzene ring substituents is 1. The Morgan fingerprint density at radius 2 is 1.60 bits per heavy atom. The Bertz CT molecular complexity index is 950. The molecule has 0 atom stereocenters. The number of nitrogens with zero attached hydrogens (tertiary/aromatic N) is 6. The van der Waals surface area contributed by atoms with E-state index in [-0.39, 0.29) is 10.6 Å². The van der Waals surface area contributed by atoms with Crippen molar-refractivity contribution < 1.29 is 14.4 Å². The van der Waals surface area contributed by atoms with E-state index in [1.165, 1.54) is 0 Å². The molecule has 35 heavy (non-hydrogen) atoms. The molecule has 0 bridgehead atoms. The summed E-state index contributed by atoms with van der Waals surface area (Å²) in [5, 5.41) is 17.5. The number of rotatable bonds is 14. The van der Waals surface area contributed by atoms with Gasteiger partial charge in [0.2, 0.25) is 17.8 Å². The van der Waals surface area contributed by atoms with Crippen LogP contribution in [0.3, 0.4) is 0 Å². The first kappa shape index (κ1) is 24.8. The summed E-state index contributed by atoms with van der Waals surface area (Å²) in [7, 11) is 0. The molecule has 2 aliphatic rings. The van der Waals surface area contributed by atoms with Gasteiger partial charge in [-0.1, -0.05) is 0 Å². The molecule has 2 fully saturated rings. The number of nitro groups is 1. The minimum absolute atomic E-state index is 0.0959. The summed E-state index contributed by atoms with van der Waals surface area (Å²) in [4.78, 5) is 28.7. The number of aromatic nitrogens is 3. The lowest BCUT2D eigenvalue weighted by molar-refractivity contribution is -0.384. The second-order valence-corrected chi connectivity index (χ2v) is 8.39. The molecule has 0 unspecified atom stereocenters. The van der Waals surface area contributed by atoms with Gasteiger partial charge in [-0.2, -0.15) is 15.0 Å². The highest BCUT2D eigenvalue weighted by Gasteiger charge is 2.25. The standard InChI is InChI=1S/C22H33N9O4/c23-7-13-34-15-16-35-14-8-24-20-26-21(25-17-1-2-17)28-22(27-20)30-11-9-29(10-12-30)18-3-5-19(6-4-18)31(32)33/h3-6,17H,1-2,7-16,23H2,(H2,24,25,26,27,28). The Labute approximate surface area is 204 Å². The molecule has 4 rings (SSSR count). The van der Waals surface area contributed by atoms with Crippen molar-refractivity contribution in [3.8, 4) is 0 Å². The number of benzene rings is 1. The summed E-state index contributed by atoms with van der Waals surface area (Å²) in [6.45, 7) is 6.14. The van der Waals surface area contributed by atoms with Crippen LogP contribution in [-0.4, -0.2) is 91.6 Å². The van der Waals surface area contributed by atoms with Gasteiger partial charge in [-0.3, -0.25) is 10.1 Å². The van der Waals surface area contributed by atoms with Gasteiger partial charge in [-0.05, 0) is 25.0 Å². The summed E-state index contributed by atoms with van der Waals surface area (Å²) in [6.07, 6.45) is 2.25. The summed E-state index contributed by atoms with van der Waals surface area (Å²) < 4.78 is 10.9. The number of hydrogen-bond acceptors (Lipinski definition) is 12. The molecule has 1 aliphatic heterocycles. The predicted molar refractivity (Wildman–Crippen MR) is 133 cm³/mol. The lowest BCUT2D eigenvalue weighted by atomic mass is 10.2. The molecular weight excluding hydrogens is 454 g/mol. The van der Waals surface area contributed by atoms with E-state index in [2.05, 4.69) is 35.4 Å². The highest BCUT2D eigenvalue weighted by atomic mass is 16.6. The van der Waals surface area contributed by atoms with Crippen molar-refractivity contribution in [2.75, 3.05) is 86.1 Å². The normalized spacial score (nSPS) is 15.8. The maximum absolute atomic E-state index is 10.9. The van der Waals surface area contributed by atoms with Gasteiger partial charge in [0.25, 0.3) is 5.69 Å². The number of anilines is 4. The Morgan fingerprint density at radius 3 is 2.26 bits per heavy atom. The average Bonchev–Trinajstić information content (AvgIpc) is 3.70. The van der Waals surface area contributed by atoms with Gasteiger partial charge >= 0.3 is 0 Å². The van der Waals surface area contributed by atoms with Crippen molar-refractivity contribution in [2.45, 2.75) is 18.9 Å². The van der Waals surface area contributed by atoms with E-state index in [1.54, 1.807) is 24.3 Å². The molecule has 2 heterocycles. The summed E-state index contributed by atoms with van der Waals surface area (Å²) in [5.74, 6) is 1.72. The van der Waals surface area contributed by atoms with E-state index in [1.807, 2.05) is 0 Å². The molecule has 13 nitrogen and oxygen atoms in total. The average molecular weight is 488 g/mol. The van der Waals surface area contributed by atoms with E-state index in [0.717, 1.165) is 44.7 Å². The van der Waals surface area contributed by atoms with E-state index < -0.39 is 0 Å². The molecule has 0 amide bonds. The van der Waals surface area contributed by atoms with E-state index in [0.29, 0.717) is 63.4 Å². The van der Waals surface area contributed by atoms with E-state index in [4.69, 9.17) is 15.2 Å². The van der Waals surface area contributed by atoms with Crippen LogP contribution in [0.1, 0.15) is 12.8 Å². The molecule has 1 aromatic heterocycles. The van der Waals surface area contributed by atoms with E-state index in [9.17, 15) is 10.1 Å². The molecular formula is C22H33N9O4.